The van der Waals surface area contributed by atoms with Gasteiger partial charge in [-0.25, -0.2) is 4.79 Å². The lowest BCUT2D eigenvalue weighted by Gasteiger charge is -2.13. The number of carbonyl (C=O) groups is 1. The van der Waals surface area contributed by atoms with Crippen LogP contribution >= 0.6 is 0 Å². The quantitative estimate of drug-likeness (QED) is 0.342. The monoisotopic (exact) mass is 200 g/mol. The molecule has 3 heteroatoms. The van der Waals surface area contributed by atoms with Gasteiger partial charge in [-0.1, -0.05) is 26.3 Å². The zero-order chi connectivity index (χ0) is 10.8. The van der Waals surface area contributed by atoms with Crippen LogP contribution in [0.4, 0.5) is 0 Å². The molecule has 3 nitrogen and oxygen atoms in total. The van der Waals surface area contributed by atoms with Gasteiger partial charge >= 0.3 is 5.97 Å². The Morgan fingerprint density at radius 1 is 1.50 bits per heavy atom. The third kappa shape index (κ3) is 5.75. The average Bonchev–Trinajstić information content (AvgIpc) is 2.19. The van der Waals surface area contributed by atoms with Crippen molar-refractivity contribution >= 4 is 5.97 Å². The normalized spacial score (nSPS) is 12.1. The third-order valence-corrected chi connectivity index (χ3v) is 1.79. The summed E-state index contributed by atoms with van der Waals surface area (Å²) >= 11 is 0. The summed E-state index contributed by atoms with van der Waals surface area (Å²) in [6, 6.07) is 0. The zero-order valence-corrected chi connectivity index (χ0v) is 9.12. The Labute approximate surface area is 86.1 Å². The maximum Gasteiger partial charge on any atom is 0.335 e. The fraction of sp³-hybridized carbons (Fsp3) is 0.727. The zero-order valence-electron chi connectivity index (χ0n) is 9.12. The number of esters is 1. The number of rotatable bonds is 8. The first-order chi connectivity index (χ1) is 6.76. The number of carbonyl (C=O) groups excluding carboxylic acids is 1. The second-order valence-electron chi connectivity index (χ2n) is 3.04. The van der Waals surface area contributed by atoms with Gasteiger partial charge in [0.25, 0.3) is 0 Å². The molecule has 0 aromatic rings. The fourth-order valence-corrected chi connectivity index (χ4v) is 0.947. The van der Waals surface area contributed by atoms with E-state index in [4.69, 9.17) is 9.47 Å². The van der Waals surface area contributed by atoms with E-state index in [9.17, 15) is 4.79 Å². The lowest BCUT2D eigenvalue weighted by molar-refractivity contribution is -0.156. The van der Waals surface area contributed by atoms with E-state index in [0.29, 0.717) is 19.6 Å². The van der Waals surface area contributed by atoms with E-state index in [1.807, 2.05) is 6.92 Å². The van der Waals surface area contributed by atoms with E-state index >= 15 is 0 Å². The van der Waals surface area contributed by atoms with Crippen LogP contribution in [-0.2, 0) is 14.3 Å². The highest BCUT2D eigenvalue weighted by molar-refractivity contribution is 5.74. The average molecular weight is 200 g/mol. The predicted octanol–water partition coefficient (Wildman–Crippen LogP) is 2.31. The molecule has 0 aliphatic carbocycles. The minimum absolute atomic E-state index is 0.261. The van der Waals surface area contributed by atoms with Crippen LogP contribution < -0.4 is 0 Å². The molecule has 0 heterocycles. The minimum Gasteiger partial charge on any atom is -0.464 e. The van der Waals surface area contributed by atoms with Crippen molar-refractivity contribution in [3.05, 3.63) is 12.7 Å². The second kappa shape index (κ2) is 8.75. The van der Waals surface area contributed by atoms with Crippen molar-refractivity contribution < 1.29 is 14.3 Å². The first kappa shape index (κ1) is 13.2. The molecule has 0 saturated heterocycles. The van der Waals surface area contributed by atoms with Gasteiger partial charge in [-0.3, -0.25) is 0 Å². The summed E-state index contributed by atoms with van der Waals surface area (Å²) in [4.78, 5) is 11.4. The van der Waals surface area contributed by atoms with E-state index < -0.39 is 6.10 Å². The lowest BCUT2D eigenvalue weighted by atomic mass is 10.3. The molecule has 0 aliphatic rings. The van der Waals surface area contributed by atoms with Crippen molar-refractivity contribution in [1.29, 1.82) is 0 Å². The van der Waals surface area contributed by atoms with Crippen molar-refractivity contribution in [3.8, 4) is 0 Å². The van der Waals surface area contributed by atoms with E-state index in [1.165, 1.54) is 0 Å². The first-order valence-corrected chi connectivity index (χ1v) is 5.15. The van der Waals surface area contributed by atoms with Gasteiger partial charge in [0.15, 0.2) is 6.10 Å². The summed E-state index contributed by atoms with van der Waals surface area (Å²) in [5.41, 5.74) is 0. The Kier molecular flexibility index (Phi) is 8.24. The van der Waals surface area contributed by atoms with Crippen LogP contribution in [-0.4, -0.2) is 25.3 Å². The summed E-state index contributed by atoms with van der Waals surface area (Å²) in [5, 5.41) is 0. The molecule has 1 atom stereocenters. The van der Waals surface area contributed by atoms with Crippen LogP contribution in [0.1, 0.15) is 33.1 Å². The molecule has 82 valence electrons. The molecule has 0 rings (SSSR count). The van der Waals surface area contributed by atoms with Gasteiger partial charge in [-0.2, -0.15) is 0 Å². The van der Waals surface area contributed by atoms with Gasteiger partial charge in [0.1, 0.15) is 0 Å². The third-order valence-electron chi connectivity index (χ3n) is 1.79. The van der Waals surface area contributed by atoms with Crippen molar-refractivity contribution in [2.75, 3.05) is 13.2 Å². The van der Waals surface area contributed by atoms with Crippen molar-refractivity contribution in [1.82, 2.24) is 0 Å². The Bertz CT molecular complexity index is 166. The molecule has 0 bridgehead atoms. The largest absolute Gasteiger partial charge is 0.464 e. The summed E-state index contributed by atoms with van der Waals surface area (Å²) < 4.78 is 10.3. The van der Waals surface area contributed by atoms with Crippen LogP contribution in [0.15, 0.2) is 12.7 Å². The van der Waals surface area contributed by atoms with Crippen molar-refractivity contribution in [3.63, 3.8) is 0 Å². The molecule has 0 amide bonds. The molecule has 14 heavy (non-hydrogen) atoms. The fourth-order valence-electron chi connectivity index (χ4n) is 0.947. The smallest absolute Gasteiger partial charge is 0.335 e. The van der Waals surface area contributed by atoms with Crippen molar-refractivity contribution in [2.24, 2.45) is 0 Å². The number of hydrogen-bond acceptors (Lipinski definition) is 3. The van der Waals surface area contributed by atoms with Crippen molar-refractivity contribution in [2.45, 2.75) is 39.2 Å². The highest BCUT2D eigenvalue weighted by Gasteiger charge is 2.17. The highest BCUT2D eigenvalue weighted by Crippen LogP contribution is 2.02. The number of unbranched alkanes of at least 4 members (excludes halogenated alkanes) is 1. The predicted molar refractivity (Wildman–Crippen MR) is 56.1 cm³/mol. The molecule has 1 unspecified atom stereocenters. The summed E-state index contributed by atoms with van der Waals surface area (Å²) in [5.74, 6) is -0.261. The van der Waals surface area contributed by atoms with Crippen LogP contribution in [0.25, 0.3) is 0 Å². The van der Waals surface area contributed by atoms with Crippen LogP contribution in [0, 0.1) is 0 Å². The van der Waals surface area contributed by atoms with Crippen LogP contribution in [0.3, 0.4) is 0 Å². The molecule has 0 saturated carbocycles. The van der Waals surface area contributed by atoms with Gasteiger partial charge in [-0.05, 0) is 12.8 Å². The van der Waals surface area contributed by atoms with Gasteiger partial charge in [-0.15, -0.1) is 6.58 Å². The minimum atomic E-state index is -0.440. The number of hydrogen-bond donors (Lipinski definition) is 0. The molecule has 0 aromatic heterocycles. The van der Waals surface area contributed by atoms with Gasteiger partial charge in [0, 0.05) is 0 Å². The lowest BCUT2D eigenvalue weighted by Crippen LogP contribution is -2.26. The van der Waals surface area contributed by atoms with Gasteiger partial charge < -0.3 is 9.47 Å². The van der Waals surface area contributed by atoms with E-state index in [1.54, 1.807) is 6.08 Å². The molecule has 0 aromatic carbocycles. The summed E-state index contributed by atoms with van der Waals surface area (Å²) in [7, 11) is 0. The Balaban J connectivity index is 3.73. The van der Waals surface area contributed by atoms with Crippen LogP contribution in [0.5, 0.6) is 0 Å². The molecule has 0 spiro atoms. The van der Waals surface area contributed by atoms with E-state index in [-0.39, 0.29) is 5.97 Å². The second-order valence-corrected chi connectivity index (χ2v) is 3.04. The van der Waals surface area contributed by atoms with Gasteiger partial charge in [0.05, 0.1) is 13.2 Å². The maximum absolute atomic E-state index is 11.4. The SMILES string of the molecule is C=CCOC(CC)C(=O)OCCCC. The number of ether oxygens (including phenoxy) is 2. The molecule has 0 N–H and O–H groups in total. The van der Waals surface area contributed by atoms with Gasteiger partial charge in [0.2, 0.25) is 0 Å². The molecule has 0 aliphatic heterocycles. The standard InChI is InChI=1S/C11H20O3/c1-4-7-9-14-11(12)10(6-3)13-8-5-2/h5,10H,2,4,6-9H2,1,3H3. The topological polar surface area (TPSA) is 35.5 Å². The first-order valence-electron chi connectivity index (χ1n) is 5.15. The Hall–Kier alpha value is -0.830. The van der Waals surface area contributed by atoms with Crippen LogP contribution in [0.2, 0.25) is 0 Å². The summed E-state index contributed by atoms with van der Waals surface area (Å²) in [6.07, 6.45) is 3.76. The van der Waals surface area contributed by atoms with E-state index in [2.05, 4.69) is 13.5 Å². The molecule has 0 radical (unpaired) electrons. The molecular formula is C11H20O3. The highest BCUT2D eigenvalue weighted by atomic mass is 16.6. The Morgan fingerprint density at radius 2 is 2.21 bits per heavy atom. The van der Waals surface area contributed by atoms with E-state index in [0.717, 1.165) is 12.8 Å². The summed E-state index contributed by atoms with van der Waals surface area (Å²) in [6.45, 7) is 8.36. The molecular weight excluding hydrogens is 180 g/mol. The molecule has 0 fully saturated rings. The maximum atomic E-state index is 11.4. The Morgan fingerprint density at radius 3 is 2.71 bits per heavy atom.